The van der Waals surface area contributed by atoms with Crippen molar-refractivity contribution in [2.45, 2.75) is 23.6 Å². The van der Waals surface area contributed by atoms with E-state index in [2.05, 4.69) is 9.62 Å². The van der Waals surface area contributed by atoms with Gasteiger partial charge < -0.3 is 4.74 Å². The maximum atomic E-state index is 12.7. The van der Waals surface area contributed by atoms with Gasteiger partial charge in [0.2, 0.25) is 10.0 Å². The Hall–Kier alpha value is -0.960. The molecule has 1 aromatic carbocycles. The zero-order chi connectivity index (χ0) is 18.6. The molecule has 1 aliphatic heterocycles. The van der Waals surface area contributed by atoms with Crippen molar-refractivity contribution in [3.63, 3.8) is 0 Å². The van der Waals surface area contributed by atoms with Crippen LogP contribution in [-0.4, -0.2) is 46.2 Å². The fourth-order valence-corrected chi connectivity index (χ4v) is 5.66. The van der Waals surface area contributed by atoms with Crippen LogP contribution in [0.15, 0.2) is 40.6 Å². The minimum atomic E-state index is -3.54. The summed E-state index contributed by atoms with van der Waals surface area (Å²) in [5.74, 6) is 0. The van der Waals surface area contributed by atoms with E-state index in [-0.39, 0.29) is 12.6 Å². The Bertz CT molecular complexity index is 832. The summed E-state index contributed by atoms with van der Waals surface area (Å²) in [6, 6.07) is 11.0. The number of ether oxygens (including phenoxy) is 1. The zero-order valence-electron chi connectivity index (χ0n) is 14.7. The van der Waals surface area contributed by atoms with E-state index < -0.39 is 10.0 Å². The van der Waals surface area contributed by atoms with Gasteiger partial charge in [0.25, 0.3) is 0 Å². The maximum absolute atomic E-state index is 12.7. The molecule has 1 saturated heterocycles. The van der Waals surface area contributed by atoms with Gasteiger partial charge in [0.05, 0.1) is 13.2 Å². The van der Waals surface area contributed by atoms with Crippen molar-refractivity contribution >= 4 is 33.0 Å². The smallest absolute Gasteiger partial charge is 0.250 e. The fraction of sp³-hybridized carbons (Fsp3) is 0.444. The number of sulfonamides is 1. The largest absolute Gasteiger partial charge is 0.379 e. The van der Waals surface area contributed by atoms with E-state index in [4.69, 9.17) is 16.3 Å². The summed E-state index contributed by atoms with van der Waals surface area (Å²) in [6.07, 6.45) is 0.830. The number of hydrogen-bond acceptors (Lipinski definition) is 5. The molecule has 1 aromatic heterocycles. The maximum Gasteiger partial charge on any atom is 0.250 e. The van der Waals surface area contributed by atoms with Gasteiger partial charge in [-0.1, -0.05) is 36.7 Å². The molecule has 1 aliphatic rings. The third kappa shape index (κ3) is 4.65. The quantitative estimate of drug-likeness (QED) is 0.755. The van der Waals surface area contributed by atoms with Gasteiger partial charge in [0.15, 0.2) is 0 Å². The van der Waals surface area contributed by atoms with E-state index in [0.29, 0.717) is 22.4 Å². The molecule has 8 heteroatoms. The minimum Gasteiger partial charge on any atom is -0.379 e. The summed E-state index contributed by atoms with van der Waals surface area (Å²) in [5, 5.41) is 0.646. The number of nitrogens with zero attached hydrogens (tertiary/aromatic N) is 1. The molecular weight excluding hydrogens is 392 g/mol. The SMILES string of the molecule is CCc1ccc(S(=O)(=O)NCC(c2ccccc2Cl)N2CCOCC2)s1. The highest BCUT2D eigenvalue weighted by Crippen LogP contribution is 2.29. The normalized spacial score (nSPS) is 17.3. The molecule has 1 fully saturated rings. The molecule has 0 spiro atoms. The van der Waals surface area contributed by atoms with Crippen molar-refractivity contribution in [2.75, 3.05) is 32.8 Å². The first-order valence-electron chi connectivity index (χ1n) is 8.66. The molecule has 0 aliphatic carbocycles. The highest BCUT2D eigenvalue weighted by Gasteiger charge is 2.27. The van der Waals surface area contributed by atoms with Gasteiger partial charge in [-0.2, -0.15) is 0 Å². The minimum absolute atomic E-state index is 0.131. The second kappa shape index (κ2) is 8.82. The average Bonchev–Trinajstić information content (AvgIpc) is 3.14. The molecule has 2 heterocycles. The number of hydrogen-bond donors (Lipinski definition) is 1. The Kier molecular flexibility index (Phi) is 6.71. The molecule has 1 N–H and O–H groups in total. The standard InChI is InChI=1S/C18H23ClN2O3S2/c1-2-14-7-8-18(25-14)26(22,23)20-13-17(21-9-11-24-12-10-21)15-5-3-4-6-16(15)19/h3-8,17,20H,2,9-13H2,1H3. The summed E-state index contributed by atoms with van der Waals surface area (Å²) in [7, 11) is -3.54. The van der Waals surface area contributed by atoms with E-state index in [1.54, 1.807) is 6.07 Å². The summed E-state index contributed by atoms with van der Waals surface area (Å²) < 4.78 is 33.9. The van der Waals surface area contributed by atoms with Crippen LogP contribution in [0.4, 0.5) is 0 Å². The zero-order valence-corrected chi connectivity index (χ0v) is 17.0. The van der Waals surface area contributed by atoms with Gasteiger partial charge in [0.1, 0.15) is 4.21 Å². The van der Waals surface area contributed by atoms with Crippen molar-refractivity contribution in [3.8, 4) is 0 Å². The molecular formula is C18H23ClN2O3S2. The Morgan fingerprint density at radius 1 is 1.23 bits per heavy atom. The van der Waals surface area contributed by atoms with E-state index in [1.165, 1.54) is 11.3 Å². The number of halogens is 1. The summed E-state index contributed by atoms with van der Waals surface area (Å²) in [4.78, 5) is 3.28. The molecule has 26 heavy (non-hydrogen) atoms. The van der Waals surface area contributed by atoms with Crippen LogP contribution in [0.2, 0.25) is 5.02 Å². The van der Waals surface area contributed by atoms with Crippen molar-refractivity contribution in [3.05, 3.63) is 51.9 Å². The first kappa shape index (κ1) is 19.8. The first-order chi connectivity index (χ1) is 12.5. The second-order valence-corrected chi connectivity index (χ2v) is 9.68. The van der Waals surface area contributed by atoms with Crippen LogP contribution < -0.4 is 4.72 Å². The molecule has 0 saturated carbocycles. The van der Waals surface area contributed by atoms with Crippen LogP contribution in [0.1, 0.15) is 23.4 Å². The van der Waals surface area contributed by atoms with Crippen LogP contribution in [0.25, 0.3) is 0 Å². The number of benzene rings is 1. The van der Waals surface area contributed by atoms with Gasteiger partial charge >= 0.3 is 0 Å². The number of nitrogens with one attached hydrogen (secondary N) is 1. The molecule has 1 unspecified atom stereocenters. The third-order valence-corrected chi connectivity index (χ3v) is 7.96. The molecule has 0 amide bonds. The van der Waals surface area contributed by atoms with Gasteiger partial charge in [-0.3, -0.25) is 4.90 Å². The predicted molar refractivity (Wildman–Crippen MR) is 105 cm³/mol. The van der Waals surface area contributed by atoms with Crippen LogP contribution in [-0.2, 0) is 21.2 Å². The number of aryl methyl sites for hydroxylation is 1. The average molecular weight is 415 g/mol. The molecule has 0 bridgehead atoms. The molecule has 1 atom stereocenters. The second-order valence-electron chi connectivity index (χ2n) is 6.11. The Morgan fingerprint density at radius 2 is 1.96 bits per heavy atom. The third-order valence-electron chi connectivity index (χ3n) is 4.47. The van der Waals surface area contributed by atoms with Crippen LogP contribution in [0.3, 0.4) is 0 Å². The van der Waals surface area contributed by atoms with Gasteiger partial charge in [-0.15, -0.1) is 11.3 Å². The van der Waals surface area contributed by atoms with Crippen LogP contribution in [0.5, 0.6) is 0 Å². The highest BCUT2D eigenvalue weighted by molar-refractivity contribution is 7.91. The van der Waals surface area contributed by atoms with E-state index in [1.807, 2.05) is 37.3 Å². The van der Waals surface area contributed by atoms with Gasteiger partial charge in [0, 0.05) is 35.6 Å². The van der Waals surface area contributed by atoms with Gasteiger partial charge in [-0.05, 0) is 30.2 Å². The lowest BCUT2D eigenvalue weighted by molar-refractivity contribution is 0.0172. The number of rotatable bonds is 7. The molecule has 142 valence electrons. The van der Waals surface area contributed by atoms with E-state index >= 15 is 0 Å². The topological polar surface area (TPSA) is 58.6 Å². The summed E-state index contributed by atoms with van der Waals surface area (Å²) in [5.41, 5.74) is 0.930. The molecule has 0 radical (unpaired) electrons. The lowest BCUT2D eigenvalue weighted by Gasteiger charge is -2.35. The van der Waals surface area contributed by atoms with Crippen LogP contribution >= 0.6 is 22.9 Å². The fourth-order valence-electron chi connectivity index (χ4n) is 3.02. The van der Waals surface area contributed by atoms with Crippen molar-refractivity contribution in [1.29, 1.82) is 0 Å². The van der Waals surface area contributed by atoms with E-state index in [9.17, 15) is 8.42 Å². The molecule has 2 aromatic rings. The van der Waals surface area contributed by atoms with Gasteiger partial charge in [-0.25, -0.2) is 13.1 Å². The first-order valence-corrected chi connectivity index (χ1v) is 11.3. The Balaban J connectivity index is 1.80. The van der Waals surface area contributed by atoms with Crippen LogP contribution in [0, 0.1) is 0 Å². The predicted octanol–water partition coefficient (Wildman–Crippen LogP) is 3.32. The molecule has 5 nitrogen and oxygen atoms in total. The number of thiophene rings is 1. The Labute approximate surface area is 164 Å². The summed E-state index contributed by atoms with van der Waals surface area (Å²) in [6.45, 7) is 5.05. The van der Waals surface area contributed by atoms with Crippen molar-refractivity contribution in [1.82, 2.24) is 9.62 Å². The van der Waals surface area contributed by atoms with Crippen molar-refractivity contribution < 1.29 is 13.2 Å². The number of morpholine rings is 1. The lowest BCUT2D eigenvalue weighted by Crippen LogP contribution is -2.43. The van der Waals surface area contributed by atoms with E-state index in [0.717, 1.165) is 30.0 Å². The van der Waals surface area contributed by atoms with Crippen molar-refractivity contribution in [2.24, 2.45) is 0 Å². The Morgan fingerprint density at radius 3 is 2.62 bits per heavy atom. The molecule has 3 rings (SSSR count). The summed E-state index contributed by atoms with van der Waals surface area (Å²) >= 11 is 7.71. The highest BCUT2D eigenvalue weighted by atomic mass is 35.5. The lowest BCUT2D eigenvalue weighted by atomic mass is 10.0. The monoisotopic (exact) mass is 414 g/mol.